The van der Waals surface area contributed by atoms with Gasteiger partial charge in [-0.3, -0.25) is 10.1 Å². The Kier molecular flexibility index (Phi) is 3.38. The zero-order valence-electron chi connectivity index (χ0n) is 12.8. The number of hydrogen-bond donors (Lipinski definition) is 1. The van der Waals surface area contributed by atoms with Crippen LogP contribution < -0.4 is 0 Å². The number of nitrogens with one attached hydrogen (secondary N) is 1. The first kappa shape index (κ1) is 14.0. The Hall–Kier alpha value is -2.61. The van der Waals surface area contributed by atoms with Crippen molar-refractivity contribution in [2.45, 2.75) is 20.3 Å². The van der Waals surface area contributed by atoms with Gasteiger partial charge < -0.3 is 0 Å². The van der Waals surface area contributed by atoms with E-state index in [2.05, 4.69) is 50.4 Å². The average molecular weight is 325 g/mol. The summed E-state index contributed by atoms with van der Waals surface area (Å²) in [4.78, 5) is 4.78. The van der Waals surface area contributed by atoms with E-state index in [-0.39, 0.29) is 0 Å². The molecule has 0 spiro atoms. The molecule has 116 valence electrons. The standard InChI is InChI=1S/C15H15N7S/c1-9(2)7-11-8-12(18-17-11)14-21-22-13(19-20-15(22)23-14)10-3-5-16-6-4-10/h3-6,8-9H,7H2,1-2H3,(H,17,18). The summed E-state index contributed by atoms with van der Waals surface area (Å²) in [6, 6.07) is 5.84. The van der Waals surface area contributed by atoms with Crippen molar-refractivity contribution in [1.29, 1.82) is 0 Å². The summed E-state index contributed by atoms with van der Waals surface area (Å²) in [6.45, 7) is 4.37. The summed E-state index contributed by atoms with van der Waals surface area (Å²) in [5.41, 5.74) is 2.90. The van der Waals surface area contributed by atoms with Gasteiger partial charge in [0, 0.05) is 23.7 Å². The SMILES string of the molecule is CC(C)Cc1cc(-c2nn3c(-c4ccncc4)nnc3s2)n[nH]1. The Morgan fingerprint density at radius 3 is 2.83 bits per heavy atom. The smallest absolute Gasteiger partial charge is 0.235 e. The molecule has 0 unspecified atom stereocenters. The molecule has 0 amide bonds. The molecule has 0 aliphatic heterocycles. The van der Waals surface area contributed by atoms with Crippen LogP contribution in [0.4, 0.5) is 0 Å². The number of H-pyrrole nitrogens is 1. The fourth-order valence-electron chi connectivity index (χ4n) is 2.42. The minimum atomic E-state index is 0.583. The normalized spacial score (nSPS) is 11.6. The molecule has 1 N–H and O–H groups in total. The molecule has 0 saturated carbocycles. The lowest BCUT2D eigenvalue weighted by atomic mass is 10.1. The first-order valence-corrected chi connectivity index (χ1v) is 8.19. The van der Waals surface area contributed by atoms with Crippen molar-refractivity contribution in [3.05, 3.63) is 36.3 Å². The van der Waals surface area contributed by atoms with E-state index >= 15 is 0 Å². The van der Waals surface area contributed by atoms with E-state index in [1.54, 1.807) is 16.9 Å². The molecule has 0 fully saturated rings. The molecule has 23 heavy (non-hydrogen) atoms. The second-order valence-electron chi connectivity index (χ2n) is 5.74. The van der Waals surface area contributed by atoms with E-state index in [4.69, 9.17) is 0 Å². The van der Waals surface area contributed by atoms with E-state index in [0.717, 1.165) is 33.3 Å². The topological polar surface area (TPSA) is 84.7 Å². The zero-order chi connectivity index (χ0) is 15.8. The molecule has 0 atom stereocenters. The van der Waals surface area contributed by atoms with Gasteiger partial charge >= 0.3 is 0 Å². The molecule has 4 rings (SSSR count). The summed E-state index contributed by atoms with van der Waals surface area (Å²) in [7, 11) is 0. The highest BCUT2D eigenvalue weighted by Crippen LogP contribution is 2.27. The average Bonchev–Trinajstić information content (AvgIpc) is 3.21. The molecule has 0 aromatic carbocycles. The van der Waals surface area contributed by atoms with Crippen molar-refractivity contribution >= 4 is 16.3 Å². The quantitative estimate of drug-likeness (QED) is 0.623. The van der Waals surface area contributed by atoms with Gasteiger partial charge in [-0.15, -0.1) is 10.2 Å². The van der Waals surface area contributed by atoms with Crippen LogP contribution in [0.15, 0.2) is 30.6 Å². The summed E-state index contributed by atoms with van der Waals surface area (Å²) < 4.78 is 1.76. The van der Waals surface area contributed by atoms with E-state index < -0.39 is 0 Å². The highest BCUT2D eigenvalue weighted by atomic mass is 32.1. The summed E-state index contributed by atoms with van der Waals surface area (Å²) >= 11 is 1.48. The van der Waals surface area contributed by atoms with Crippen LogP contribution in [0.5, 0.6) is 0 Å². The van der Waals surface area contributed by atoms with Crippen molar-refractivity contribution in [3.63, 3.8) is 0 Å². The van der Waals surface area contributed by atoms with E-state index in [9.17, 15) is 0 Å². The molecule has 0 saturated heterocycles. The molecule has 0 bridgehead atoms. The Bertz CT molecular complexity index is 935. The predicted molar refractivity (Wildman–Crippen MR) is 88.0 cm³/mol. The molecular weight excluding hydrogens is 310 g/mol. The summed E-state index contributed by atoms with van der Waals surface area (Å²) in [5.74, 6) is 1.29. The maximum Gasteiger partial charge on any atom is 0.235 e. The minimum Gasteiger partial charge on any atom is -0.282 e. The fraction of sp³-hybridized carbons (Fsp3) is 0.267. The first-order chi connectivity index (χ1) is 11.2. The number of aromatic nitrogens is 7. The molecule has 0 aliphatic carbocycles. The van der Waals surface area contributed by atoms with Crippen molar-refractivity contribution in [2.75, 3.05) is 0 Å². The van der Waals surface area contributed by atoms with Gasteiger partial charge in [0.15, 0.2) is 10.8 Å². The predicted octanol–water partition coefficient (Wildman–Crippen LogP) is 2.84. The molecule has 0 radical (unpaired) electrons. The molecular formula is C15H15N7S. The third-order valence-electron chi connectivity index (χ3n) is 3.41. The first-order valence-electron chi connectivity index (χ1n) is 7.38. The van der Waals surface area contributed by atoms with Gasteiger partial charge in [0.25, 0.3) is 0 Å². The van der Waals surface area contributed by atoms with Crippen LogP contribution in [-0.4, -0.2) is 35.0 Å². The minimum absolute atomic E-state index is 0.583. The largest absolute Gasteiger partial charge is 0.282 e. The molecule has 7 nitrogen and oxygen atoms in total. The maximum absolute atomic E-state index is 4.62. The second-order valence-corrected chi connectivity index (χ2v) is 6.69. The number of aromatic amines is 1. The number of fused-ring (bicyclic) bond motifs is 1. The second kappa shape index (κ2) is 5.54. The van der Waals surface area contributed by atoms with Gasteiger partial charge in [0.2, 0.25) is 4.96 Å². The van der Waals surface area contributed by atoms with Crippen LogP contribution >= 0.6 is 11.3 Å². The van der Waals surface area contributed by atoms with Crippen LogP contribution in [0.3, 0.4) is 0 Å². The Morgan fingerprint density at radius 2 is 2.04 bits per heavy atom. The van der Waals surface area contributed by atoms with Crippen molar-refractivity contribution in [3.8, 4) is 22.1 Å². The lowest BCUT2D eigenvalue weighted by molar-refractivity contribution is 0.633. The Balaban J connectivity index is 1.72. The van der Waals surface area contributed by atoms with E-state index in [1.807, 2.05) is 12.1 Å². The van der Waals surface area contributed by atoms with Crippen molar-refractivity contribution in [1.82, 2.24) is 35.0 Å². The van der Waals surface area contributed by atoms with Crippen LogP contribution in [0.1, 0.15) is 19.5 Å². The maximum atomic E-state index is 4.62. The highest BCUT2D eigenvalue weighted by molar-refractivity contribution is 7.19. The van der Waals surface area contributed by atoms with Crippen LogP contribution in [0.25, 0.3) is 27.1 Å². The number of nitrogens with zero attached hydrogens (tertiary/aromatic N) is 6. The number of rotatable bonds is 4. The number of pyridine rings is 1. The lowest BCUT2D eigenvalue weighted by Crippen LogP contribution is -1.93. The molecule has 0 aliphatic rings. The highest BCUT2D eigenvalue weighted by Gasteiger charge is 2.16. The Labute approximate surface area is 136 Å². The van der Waals surface area contributed by atoms with E-state index in [1.165, 1.54) is 11.3 Å². The molecule has 8 heteroatoms. The third-order valence-corrected chi connectivity index (χ3v) is 4.33. The Morgan fingerprint density at radius 1 is 1.22 bits per heavy atom. The summed E-state index contributed by atoms with van der Waals surface area (Å²) in [5, 5.41) is 21.3. The fourth-order valence-corrected chi connectivity index (χ4v) is 3.22. The third kappa shape index (κ3) is 2.61. The molecule has 4 heterocycles. The van der Waals surface area contributed by atoms with Crippen molar-refractivity contribution < 1.29 is 0 Å². The molecule has 4 aromatic heterocycles. The van der Waals surface area contributed by atoms with Crippen LogP contribution in [-0.2, 0) is 6.42 Å². The van der Waals surface area contributed by atoms with Gasteiger partial charge in [-0.2, -0.15) is 14.7 Å². The van der Waals surface area contributed by atoms with Gasteiger partial charge in [-0.05, 0) is 30.5 Å². The lowest BCUT2D eigenvalue weighted by Gasteiger charge is -1.98. The van der Waals surface area contributed by atoms with Gasteiger partial charge in [-0.25, -0.2) is 0 Å². The van der Waals surface area contributed by atoms with Crippen LogP contribution in [0.2, 0.25) is 0 Å². The number of hydrogen-bond acceptors (Lipinski definition) is 6. The van der Waals surface area contributed by atoms with Gasteiger partial charge in [-0.1, -0.05) is 25.2 Å². The monoisotopic (exact) mass is 325 g/mol. The van der Waals surface area contributed by atoms with Crippen LogP contribution in [0, 0.1) is 5.92 Å². The molecule has 4 aromatic rings. The summed E-state index contributed by atoms with van der Waals surface area (Å²) in [6.07, 6.45) is 4.44. The van der Waals surface area contributed by atoms with Crippen molar-refractivity contribution in [2.24, 2.45) is 5.92 Å². The zero-order valence-corrected chi connectivity index (χ0v) is 13.6. The van der Waals surface area contributed by atoms with E-state index in [0.29, 0.717) is 11.7 Å². The van der Waals surface area contributed by atoms with Gasteiger partial charge in [0.05, 0.1) is 0 Å². The van der Waals surface area contributed by atoms with Gasteiger partial charge in [0.1, 0.15) is 5.69 Å².